The number of amides is 2. The Morgan fingerprint density at radius 3 is 2.30 bits per heavy atom. The van der Waals surface area contributed by atoms with Gasteiger partial charge < -0.3 is 15.0 Å². The molecule has 3 rings (SSSR count). The van der Waals surface area contributed by atoms with Crippen LogP contribution in [0.3, 0.4) is 0 Å². The quantitative estimate of drug-likeness (QED) is 0.860. The molecule has 5 nitrogen and oxygen atoms in total. The van der Waals surface area contributed by atoms with E-state index in [0.29, 0.717) is 12.5 Å². The number of carbonyl (C=O) groups excluding carboxylic acids is 2. The zero-order chi connectivity index (χ0) is 19.1. The van der Waals surface area contributed by atoms with E-state index in [9.17, 15) is 9.59 Å². The Hall–Kier alpha value is -2.04. The molecule has 148 valence electrons. The normalized spacial score (nSPS) is 23.4. The second kappa shape index (κ2) is 9.77. The van der Waals surface area contributed by atoms with E-state index in [-0.39, 0.29) is 17.7 Å². The molecule has 1 saturated heterocycles. The highest BCUT2D eigenvalue weighted by atomic mass is 16.5. The van der Waals surface area contributed by atoms with Gasteiger partial charge >= 0.3 is 0 Å². The topological polar surface area (TPSA) is 58.6 Å². The first-order valence-electron chi connectivity index (χ1n) is 10.4. The Labute approximate surface area is 162 Å². The van der Waals surface area contributed by atoms with Gasteiger partial charge in [-0.15, -0.1) is 0 Å². The molecule has 1 aromatic rings. The molecule has 1 saturated carbocycles. The van der Waals surface area contributed by atoms with Gasteiger partial charge in [0.15, 0.2) is 0 Å². The van der Waals surface area contributed by atoms with E-state index in [1.54, 1.807) is 7.11 Å². The van der Waals surface area contributed by atoms with Crippen LogP contribution >= 0.6 is 0 Å². The minimum Gasteiger partial charge on any atom is -0.496 e. The Morgan fingerprint density at radius 1 is 1.00 bits per heavy atom. The van der Waals surface area contributed by atoms with Crippen molar-refractivity contribution in [1.82, 2.24) is 10.2 Å². The fourth-order valence-corrected chi connectivity index (χ4v) is 4.33. The summed E-state index contributed by atoms with van der Waals surface area (Å²) in [5.74, 6) is 1.35. The summed E-state index contributed by atoms with van der Waals surface area (Å²) in [5, 5.41) is 3.04. The number of rotatable bonds is 5. The number of hydrogen-bond acceptors (Lipinski definition) is 3. The summed E-state index contributed by atoms with van der Waals surface area (Å²) in [6.07, 6.45) is 8.03. The van der Waals surface area contributed by atoms with Crippen LogP contribution in [0.25, 0.3) is 0 Å². The van der Waals surface area contributed by atoms with Crippen molar-refractivity contribution < 1.29 is 14.3 Å². The Bertz CT molecular complexity index is 630. The molecular formula is C22H32N2O3. The second-order valence-corrected chi connectivity index (χ2v) is 7.82. The van der Waals surface area contributed by atoms with Gasteiger partial charge in [-0.2, -0.15) is 0 Å². The molecule has 0 atom stereocenters. The zero-order valence-electron chi connectivity index (χ0n) is 16.4. The number of ether oxygens (including phenoxy) is 1. The van der Waals surface area contributed by atoms with E-state index in [1.165, 1.54) is 12.8 Å². The predicted molar refractivity (Wildman–Crippen MR) is 105 cm³/mol. The lowest BCUT2D eigenvalue weighted by Crippen LogP contribution is -2.40. The third-order valence-electron chi connectivity index (χ3n) is 6.01. The van der Waals surface area contributed by atoms with Crippen LogP contribution in [0.5, 0.6) is 5.75 Å². The molecule has 2 amide bonds. The van der Waals surface area contributed by atoms with Gasteiger partial charge in [0.25, 0.3) is 0 Å². The van der Waals surface area contributed by atoms with Crippen LogP contribution in [-0.4, -0.2) is 36.9 Å². The fraction of sp³-hybridized carbons (Fsp3) is 0.636. The average Bonchev–Trinajstić information content (AvgIpc) is 3.01. The number of likely N-dealkylation sites (tertiary alicyclic amines) is 1. The van der Waals surface area contributed by atoms with Crippen molar-refractivity contribution in [3.05, 3.63) is 29.8 Å². The molecule has 1 N–H and O–H groups in total. The molecule has 0 bridgehead atoms. The van der Waals surface area contributed by atoms with Crippen LogP contribution in [0, 0.1) is 11.8 Å². The molecule has 27 heavy (non-hydrogen) atoms. The van der Waals surface area contributed by atoms with Gasteiger partial charge in [0.1, 0.15) is 5.75 Å². The lowest BCUT2D eigenvalue weighted by molar-refractivity contribution is -0.138. The van der Waals surface area contributed by atoms with Crippen LogP contribution < -0.4 is 10.1 Å². The van der Waals surface area contributed by atoms with Crippen LogP contribution in [0.4, 0.5) is 0 Å². The molecular weight excluding hydrogens is 340 g/mol. The van der Waals surface area contributed by atoms with Crippen molar-refractivity contribution in [1.29, 1.82) is 0 Å². The first-order valence-corrected chi connectivity index (χ1v) is 10.4. The van der Waals surface area contributed by atoms with E-state index in [2.05, 4.69) is 10.2 Å². The maximum atomic E-state index is 12.8. The SMILES string of the molecule is COc1ccccc1CNC(=O)C1CCC(C(=O)N2CCCCCC2)CC1. The minimum atomic E-state index is 0.0212. The number of carbonyl (C=O) groups is 2. The van der Waals surface area contributed by atoms with Gasteiger partial charge in [-0.25, -0.2) is 0 Å². The van der Waals surface area contributed by atoms with Crippen molar-refractivity contribution in [2.24, 2.45) is 11.8 Å². The second-order valence-electron chi connectivity index (χ2n) is 7.82. The van der Waals surface area contributed by atoms with Gasteiger partial charge in [-0.3, -0.25) is 9.59 Å². The number of hydrogen-bond donors (Lipinski definition) is 1. The summed E-state index contributed by atoms with van der Waals surface area (Å²) in [6, 6.07) is 7.74. The lowest BCUT2D eigenvalue weighted by Gasteiger charge is -2.31. The molecule has 0 unspecified atom stereocenters. The molecule has 5 heteroatoms. The summed E-state index contributed by atoms with van der Waals surface area (Å²) in [5.41, 5.74) is 0.985. The third-order valence-corrected chi connectivity index (χ3v) is 6.01. The van der Waals surface area contributed by atoms with Crippen molar-refractivity contribution in [3.63, 3.8) is 0 Å². The Balaban J connectivity index is 1.45. The molecule has 1 aliphatic heterocycles. The van der Waals surface area contributed by atoms with Crippen molar-refractivity contribution in [2.45, 2.75) is 57.9 Å². The third kappa shape index (κ3) is 5.24. The number of nitrogens with zero attached hydrogens (tertiary/aromatic N) is 1. The predicted octanol–water partition coefficient (Wildman–Crippen LogP) is 3.52. The van der Waals surface area contributed by atoms with E-state index in [4.69, 9.17) is 4.74 Å². The number of nitrogens with one attached hydrogen (secondary N) is 1. The minimum absolute atomic E-state index is 0.0212. The van der Waals surface area contributed by atoms with Crippen LogP contribution in [0.2, 0.25) is 0 Å². The first kappa shape index (κ1) is 19.7. The summed E-state index contributed by atoms with van der Waals surface area (Å²) in [4.78, 5) is 27.4. The van der Waals surface area contributed by atoms with Gasteiger partial charge in [0.05, 0.1) is 7.11 Å². The lowest BCUT2D eigenvalue weighted by atomic mass is 9.81. The van der Waals surface area contributed by atoms with Gasteiger partial charge in [-0.05, 0) is 44.6 Å². The average molecular weight is 373 g/mol. The molecule has 2 fully saturated rings. The zero-order valence-corrected chi connectivity index (χ0v) is 16.4. The summed E-state index contributed by atoms with van der Waals surface area (Å²) in [6.45, 7) is 2.31. The van der Waals surface area contributed by atoms with Gasteiger partial charge in [0.2, 0.25) is 11.8 Å². The Kier molecular flexibility index (Phi) is 7.13. The molecule has 1 aromatic carbocycles. The highest BCUT2D eigenvalue weighted by molar-refractivity contribution is 5.81. The van der Waals surface area contributed by atoms with E-state index >= 15 is 0 Å². The summed E-state index contributed by atoms with van der Waals surface area (Å²) in [7, 11) is 1.64. The van der Waals surface area contributed by atoms with Crippen molar-refractivity contribution in [2.75, 3.05) is 20.2 Å². The highest BCUT2D eigenvalue weighted by Gasteiger charge is 2.32. The summed E-state index contributed by atoms with van der Waals surface area (Å²) >= 11 is 0. The van der Waals surface area contributed by atoms with Crippen LogP contribution in [0.15, 0.2) is 24.3 Å². The summed E-state index contributed by atoms with van der Waals surface area (Å²) < 4.78 is 5.34. The van der Waals surface area contributed by atoms with Gasteiger partial charge in [-0.1, -0.05) is 31.0 Å². The molecule has 0 radical (unpaired) electrons. The molecule has 0 spiro atoms. The van der Waals surface area contributed by atoms with E-state index < -0.39 is 0 Å². The highest BCUT2D eigenvalue weighted by Crippen LogP contribution is 2.31. The molecule has 1 heterocycles. The van der Waals surface area contributed by atoms with E-state index in [0.717, 1.165) is 62.9 Å². The van der Waals surface area contributed by atoms with Gasteiger partial charge in [0, 0.05) is 37.0 Å². The molecule has 0 aromatic heterocycles. The largest absolute Gasteiger partial charge is 0.496 e. The number of para-hydroxylation sites is 1. The number of benzene rings is 1. The maximum absolute atomic E-state index is 12.8. The van der Waals surface area contributed by atoms with Crippen molar-refractivity contribution in [3.8, 4) is 5.75 Å². The van der Waals surface area contributed by atoms with Crippen LogP contribution in [0.1, 0.15) is 56.9 Å². The smallest absolute Gasteiger partial charge is 0.225 e. The first-order chi connectivity index (χ1) is 13.2. The number of methoxy groups -OCH3 is 1. The van der Waals surface area contributed by atoms with E-state index in [1.807, 2.05) is 24.3 Å². The standard InChI is InChI=1S/C22H32N2O3/c1-27-20-9-5-4-8-19(20)16-23-21(25)17-10-12-18(13-11-17)22(26)24-14-6-2-3-7-15-24/h4-5,8-9,17-18H,2-3,6-7,10-16H2,1H3,(H,23,25). The Morgan fingerprint density at radius 2 is 1.63 bits per heavy atom. The molecule has 2 aliphatic rings. The maximum Gasteiger partial charge on any atom is 0.225 e. The van der Waals surface area contributed by atoms with Crippen molar-refractivity contribution >= 4 is 11.8 Å². The monoisotopic (exact) mass is 372 g/mol. The fourth-order valence-electron chi connectivity index (χ4n) is 4.33. The van der Waals surface area contributed by atoms with Crippen LogP contribution in [-0.2, 0) is 16.1 Å². The molecule has 1 aliphatic carbocycles.